The van der Waals surface area contributed by atoms with Crippen molar-refractivity contribution in [3.8, 4) is 0 Å². The molecule has 1 heterocycles. The summed E-state index contributed by atoms with van der Waals surface area (Å²) in [6.07, 6.45) is 1.16. The Labute approximate surface area is 132 Å². The first-order valence-electron chi connectivity index (χ1n) is 7.74. The van der Waals surface area contributed by atoms with E-state index >= 15 is 0 Å². The summed E-state index contributed by atoms with van der Waals surface area (Å²) in [5, 5.41) is 2.80. The van der Waals surface area contributed by atoms with Gasteiger partial charge in [-0.2, -0.15) is 0 Å². The van der Waals surface area contributed by atoms with Crippen molar-refractivity contribution >= 4 is 11.6 Å². The molecule has 1 saturated heterocycles. The maximum absolute atomic E-state index is 12.8. The lowest BCUT2D eigenvalue weighted by Crippen LogP contribution is -2.44. The lowest BCUT2D eigenvalue weighted by molar-refractivity contribution is -0.117. The van der Waals surface area contributed by atoms with Crippen molar-refractivity contribution in [1.82, 2.24) is 9.80 Å². The third-order valence-electron chi connectivity index (χ3n) is 4.87. The van der Waals surface area contributed by atoms with Crippen LogP contribution in [-0.4, -0.2) is 55.0 Å². The molecule has 4 nitrogen and oxygen atoms in total. The molecular formula is C17H26FN3O. The van der Waals surface area contributed by atoms with Gasteiger partial charge in [0.15, 0.2) is 0 Å². The molecule has 1 atom stereocenters. The Bertz CT molecular complexity index is 515. The molecule has 0 unspecified atom stereocenters. The van der Waals surface area contributed by atoms with Crippen molar-refractivity contribution in [3.05, 3.63) is 30.1 Å². The van der Waals surface area contributed by atoms with Crippen LogP contribution in [0.3, 0.4) is 0 Å². The lowest BCUT2D eigenvalue weighted by Gasteiger charge is -2.35. The normalized spacial score (nSPS) is 21.3. The van der Waals surface area contributed by atoms with Crippen LogP contribution in [0, 0.1) is 11.7 Å². The number of carbonyl (C=O) groups is 1. The standard InChI is InChI=1S/C17H26FN3O/c1-17(2)13(9-10-21(17)4)11-20(3)12-16(22)19-15-7-5-14(18)6-8-15/h5-8,13H,9-12H2,1-4H3,(H,19,22)/t13-/m1/s1. The molecule has 0 bridgehead atoms. The largest absolute Gasteiger partial charge is 0.325 e. The molecule has 0 aliphatic carbocycles. The van der Waals surface area contributed by atoms with E-state index in [4.69, 9.17) is 0 Å². The molecule has 22 heavy (non-hydrogen) atoms. The summed E-state index contributed by atoms with van der Waals surface area (Å²) in [4.78, 5) is 16.5. The number of nitrogens with zero attached hydrogens (tertiary/aromatic N) is 2. The molecular weight excluding hydrogens is 281 g/mol. The van der Waals surface area contributed by atoms with Crippen LogP contribution >= 0.6 is 0 Å². The molecule has 1 N–H and O–H groups in total. The summed E-state index contributed by atoms with van der Waals surface area (Å²) in [5.74, 6) is 0.182. The quantitative estimate of drug-likeness (QED) is 0.907. The number of halogens is 1. The van der Waals surface area contributed by atoms with Gasteiger partial charge in [-0.1, -0.05) is 0 Å². The van der Waals surface area contributed by atoms with Crippen molar-refractivity contribution in [2.75, 3.05) is 39.0 Å². The molecule has 1 aliphatic heterocycles. The third kappa shape index (κ3) is 4.05. The van der Waals surface area contributed by atoms with Crippen molar-refractivity contribution < 1.29 is 9.18 Å². The Hall–Kier alpha value is -1.46. The fourth-order valence-corrected chi connectivity index (χ4v) is 3.04. The molecule has 1 fully saturated rings. The molecule has 5 heteroatoms. The molecule has 1 amide bonds. The number of likely N-dealkylation sites (N-methyl/N-ethyl adjacent to an activating group) is 1. The summed E-state index contributed by atoms with van der Waals surface area (Å²) in [6.45, 7) is 6.86. The van der Waals surface area contributed by atoms with Crippen molar-refractivity contribution in [2.24, 2.45) is 5.92 Å². The SMILES string of the molecule is CN(CC(=O)Nc1ccc(F)cc1)C[C@H]1CCN(C)C1(C)C. The molecule has 1 aromatic rings. The van der Waals surface area contributed by atoms with Gasteiger partial charge in [0.2, 0.25) is 5.91 Å². The number of anilines is 1. The highest BCUT2D eigenvalue weighted by Gasteiger charge is 2.39. The van der Waals surface area contributed by atoms with E-state index in [0.717, 1.165) is 19.5 Å². The average Bonchev–Trinajstić information content (AvgIpc) is 2.68. The van der Waals surface area contributed by atoms with E-state index in [-0.39, 0.29) is 17.3 Å². The van der Waals surface area contributed by atoms with Gasteiger partial charge in [-0.3, -0.25) is 9.69 Å². The number of rotatable bonds is 5. The zero-order chi connectivity index (χ0) is 16.3. The highest BCUT2D eigenvalue weighted by Crippen LogP contribution is 2.33. The summed E-state index contributed by atoms with van der Waals surface area (Å²) < 4.78 is 12.8. The topological polar surface area (TPSA) is 35.6 Å². The van der Waals surface area contributed by atoms with Gasteiger partial charge < -0.3 is 10.2 Å². The molecule has 1 aromatic carbocycles. The van der Waals surface area contributed by atoms with Gasteiger partial charge in [0.25, 0.3) is 0 Å². The molecule has 1 aliphatic rings. The maximum Gasteiger partial charge on any atom is 0.238 e. The Balaban J connectivity index is 1.83. The Morgan fingerprint density at radius 3 is 2.59 bits per heavy atom. The first-order valence-corrected chi connectivity index (χ1v) is 7.74. The van der Waals surface area contributed by atoms with Crippen LogP contribution in [0.4, 0.5) is 10.1 Å². The fourth-order valence-electron chi connectivity index (χ4n) is 3.04. The minimum absolute atomic E-state index is 0.0711. The average molecular weight is 307 g/mol. The van der Waals surface area contributed by atoms with Crippen molar-refractivity contribution in [3.63, 3.8) is 0 Å². The second kappa shape index (κ2) is 6.75. The van der Waals surface area contributed by atoms with Gasteiger partial charge in [-0.05, 0) is 71.1 Å². The fraction of sp³-hybridized carbons (Fsp3) is 0.588. The van der Waals surface area contributed by atoms with Gasteiger partial charge >= 0.3 is 0 Å². The van der Waals surface area contributed by atoms with Crippen LogP contribution in [0.1, 0.15) is 20.3 Å². The minimum Gasteiger partial charge on any atom is -0.325 e. The molecule has 0 spiro atoms. The zero-order valence-electron chi connectivity index (χ0n) is 13.9. The van der Waals surface area contributed by atoms with E-state index in [1.807, 2.05) is 7.05 Å². The summed E-state index contributed by atoms with van der Waals surface area (Å²) in [7, 11) is 4.12. The third-order valence-corrected chi connectivity index (χ3v) is 4.87. The van der Waals surface area contributed by atoms with Crippen LogP contribution in [-0.2, 0) is 4.79 Å². The van der Waals surface area contributed by atoms with E-state index in [9.17, 15) is 9.18 Å². The number of nitrogens with one attached hydrogen (secondary N) is 1. The van der Waals surface area contributed by atoms with E-state index < -0.39 is 0 Å². The van der Waals surface area contributed by atoms with Crippen LogP contribution in [0.15, 0.2) is 24.3 Å². The summed E-state index contributed by atoms with van der Waals surface area (Å²) in [6, 6.07) is 5.83. The monoisotopic (exact) mass is 307 g/mol. The van der Waals surface area contributed by atoms with Crippen LogP contribution in [0.2, 0.25) is 0 Å². The first-order chi connectivity index (χ1) is 10.3. The number of benzene rings is 1. The molecule has 0 saturated carbocycles. The Kier molecular flexibility index (Phi) is 5.19. The van der Waals surface area contributed by atoms with Gasteiger partial charge in [0.1, 0.15) is 5.82 Å². The van der Waals surface area contributed by atoms with E-state index in [0.29, 0.717) is 18.2 Å². The second-order valence-electron chi connectivity index (χ2n) is 6.81. The number of amides is 1. The zero-order valence-corrected chi connectivity index (χ0v) is 13.9. The van der Waals surface area contributed by atoms with Gasteiger partial charge in [0, 0.05) is 17.8 Å². The molecule has 2 rings (SSSR count). The smallest absolute Gasteiger partial charge is 0.238 e. The molecule has 0 aromatic heterocycles. The minimum atomic E-state index is -0.303. The molecule has 0 radical (unpaired) electrons. The number of hydrogen-bond donors (Lipinski definition) is 1. The highest BCUT2D eigenvalue weighted by atomic mass is 19.1. The second-order valence-corrected chi connectivity index (χ2v) is 6.81. The highest BCUT2D eigenvalue weighted by molar-refractivity contribution is 5.92. The lowest BCUT2D eigenvalue weighted by atomic mass is 9.88. The van der Waals surface area contributed by atoms with Gasteiger partial charge in [-0.15, -0.1) is 0 Å². The molecule has 122 valence electrons. The number of hydrogen-bond acceptors (Lipinski definition) is 3. The van der Waals surface area contributed by atoms with E-state index in [2.05, 4.69) is 36.0 Å². The Morgan fingerprint density at radius 2 is 2.05 bits per heavy atom. The Morgan fingerprint density at radius 1 is 1.41 bits per heavy atom. The van der Waals surface area contributed by atoms with Crippen LogP contribution < -0.4 is 5.32 Å². The maximum atomic E-state index is 12.8. The van der Waals surface area contributed by atoms with Crippen LogP contribution in [0.25, 0.3) is 0 Å². The summed E-state index contributed by atoms with van der Waals surface area (Å²) >= 11 is 0. The number of carbonyl (C=O) groups excluding carboxylic acids is 1. The van der Waals surface area contributed by atoms with E-state index in [1.54, 1.807) is 12.1 Å². The van der Waals surface area contributed by atoms with Gasteiger partial charge in [-0.25, -0.2) is 4.39 Å². The van der Waals surface area contributed by atoms with Gasteiger partial charge in [0.05, 0.1) is 6.54 Å². The predicted molar refractivity (Wildman–Crippen MR) is 87.3 cm³/mol. The number of likely N-dealkylation sites (tertiary alicyclic amines) is 1. The van der Waals surface area contributed by atoms with Crippen LogP contribution in [0.5, 0.6) is 0 Å². The van der Waals surface area contributed by atoms with Crippen molar-refractivity contribution in [2.45, 2.75) is 25.8 Å². The first kappa shape index (κ1) is 16.9. The van der Waals surface area contributed by atoms with E-state index in [1.165, 1.54) is 12.1 Å². The van der Waals surface area contributed by atoms with Crippen molar-refractivity contribution in [1.29, 1.82) is 0 Å². The summed E-state index contributed by atoms with van der Waals surface area (Å²) in [5.41, 5.74) is 0.794. The predicted octanol–water partition coefficient (Wildman–Crippen LogP) is 2.43.